The molecule has 26 heavy (non-hydrogen) atoms. The van der Waals surface area contributed by atoms with Crippen molar-refractivity contribution in [3.05, 3.63) is 51.7 Å². The molecule has 1 aliphatic rings. The molecular weight excluding hydrogens is 344 g/mol. The summed E-state index contributed by atoms with van der Waals surface area (Å²) in [5.41, 5.74) is 1.13. The lowest BCUT2D eigenvalue weighted by Crippen LogP contribution is -2.42. The number of rotatable bonds is 8. The molecule has 1 aromatic heterocycles. The Balaban J connectivity index is 1.64. The highest BCUT2D eigenvalue weighted by atomic mass is 32.1. The van der Waals surface area contributed by atoms with E-state index in [4.69, 9.17) is 15.9 Å². The maximum Gasteiger partial charge on any atom is 0.148 e. The van der Waals surface area contributed by atoms with Crippen molar-refractivity contribution in [1.82, 2.24) is 10.2 Å². The summed E-state index contributed by atoms with van der Waals surface area (Å²) >= 11 is 1.88. The number of aryl methyl sites for hydroxylation is 1. The number of nitrogens with one attached hydrogen (secondary N) is 1. The molecular formula is C21H26N2O2S. The minimum atomic E-state index is 0.294. The fourth-order valence-corrected chi connectivity index (χ4v) is 4.20. The topological polar surface area (TPSA) is 33.7 Å². The van der Waals surface area contributed by atoms with Gasteiger partial charge in [0.2, 0.25) is 0 Å². The normalized spacial score (nSPS) is 16.2. The van der Waals surface area contributed by atoms with Crippen molar-refractivity contribution in [2.24, 2.45) is 0 Å². The third-order valence-corrected chi connectivity index (χ3v) is 5.61. The van der Waals surface area contributed by atoms with E-state index >= 15 is 0 Å². The zero-order valence-electron chi connectivity index (χ0n) is 15.2. The molecule has 1 atom stereocenters. The van der Waals surface area contributed by atoms with Crippen molar-refractivity contribution in [3.8, 4) is 18.1 Å². The molecule has 1 saturated heterocycles. The largest absolute Gasteiger partial charge is 0.481 e. The van der Waals surface area contributed by atoms with Gasteiger partial charge < -0.3 is 14.8 Å². The number of benzene rings is 1. The van der Waals surface area contributed by atoms with Crippen LogP contribution in [0.1, 0.15) is 21.4 Å². The van der Waals surface area contributed by atoms with Gasteiger partial charge in [0.25, 0.3) is 0 Å². The Morgan fingerprint density at radius 3 is 2.81 bits per heavy atom. The van der Waals surface area contributed by atoms with E-state index in [1.54, 1.807) is 0 Å². The summed E-state index contributed by atoms with van der Waals surface area (Å²) in [5, 5.41) is 3.62. The summed E-state index contributed by atoms with van der Waals surface area (Å²) in [5.74, 6) is 3.38. The lowest BCUT2D eigenvalue weighted by atomic mass is 10.1. The van der Waals surface area contributed by atoms with Crippen LogP contribution in [0.2, 0.25) is 0 Å². The Labute approximate surface area is 160 Å². The van der Waals surface area contributed by atoms with Crippen molar-refractivity contribution in [2.45, 2.75) is 19.5 Å². The fourth-order valence-electron chi connectivity index (χ4n) is 3.18. The first kappa shape index (κ1) is 18.9. The number of ether oxygens (including phenoxy) is 2. The van der Waals surface area contributed by atoms with E-state index in [-0.39, 0.29) is 0 Å². The molecule has 0 bridgehead atoms. The molecule has 1 fully saturated rings. The SMILES string of the molecule is C#CCOc1ccccc1CNCC(c1ccc(C)s1)N1CCOCC1. The summed E-state index contributed by atoms with van der Waals surface area (Å²) in [6.07, 6.45) is 5.31. The molecule has 0 spiro atoms. The first-order valence-electron chi connectivity index (χ1n) is 9.01. The van der Waals surface area contributed by atoms with Crippen molar-refractivity contribution in [2.75, 3.05) is 39.5 Å². The lowest BCUT2D eigenvalue weighted by molar-refractivity contribution is 0.0168. The zero-order chi connectivity index (χ0) is 18.2. The van der Waals surface area contributed by atoms with E-state index in [0.717, 1.165) is 50.7 Å². The van der Waals surface area contributed by atoms with E-state index in [2.05, 4.69) is 41.3 Å². The molecule has 3 rings (SSSR count). The van der Waals surface area contributed by atoms with Gasteiger partial charge in [-0.1, -0.05) is 24.1 Å². The Bertz CT molecular complexity index is 732. The number of terminal acetylenes is 1. The minimum Gasteiger partial charge on any atom is -0.481 e. The number of para-hydroxylation sites is 1. The molecule has 4 nitrogen and oxygen atoms in total. The molecule has 0 amide bonds. The van der Waals surface area contributed by atoms with Gasteiger partial charge in [-0.3, -0.25) is 4.90 Å². The third-order valence-electron chi connectivity index (χ3n) is 4.51. The van der Waals surface area contributed by atoms with Gasteiger partial charge in [-0.25, -0.2) is 0 Å². The number of thiophene rings is 1. The van der Waals surface area contributed by atoms with E-state index in [1.165, 1.54) is 9.75 Å². The highest BCUT2D eigenvalue weighted by Gasteiger charge is 2.23. The molecule has 1 N–H and O–H groups in total. The van der Waals surface area contributed by atoms with Crippen molar-refractivity contribution < 1.29 is 9.47 Å². The number of hydrogen-bond acceptors (Lipinski definition) is 5. The molecule has 0 radical (unpaired) electrons. The van der Waals surface area contributed by atoms with Gasteiger partial charge in [-0.15, -0.1) is 17.8 Å². The van der Waals surface area contributed by atoms with Crippen molar-refractivity contribution in [3.63, 3.8) is 0 Å². The van der Waals surface area contributed by atoms with Gasteiger partial charge in [-0.2, -0.15) is 0 Å². The quantitative estimate of drug-likeness (QED) is 0.724. The molecule has 5 heteroatoms. The minimum absolute atomic E-state index is 0.294. The van der Waals surface area contributed by atoms with Crippen LogP contribution in [0, 0.1) is 19.3 Å². The van der Waals surface area contributed by atoms with E-state index in [1.807, 2.05) is 29.5 Å². The fraction of sp³-hybridized carbons (Fsp3) is 0.429. The average molecular weight is 371 g/mol. The van der Waals surface area contributed by atoms with Crippen LogP contribution in [-0.2, 0) is 11.3 Å². The monoisotopic (exact) mass is 370 g/mol. The van der Waals surface area contributed by atoms with E-state index in [0.29, 0.717) is 12.6 Å². The van der Waals surface area contributed by atoms with Gasteiger partial charge in [0.05, 0.1) is 19.3 Å². The Morgan fingerprint density at radius 2 is 2.08 bits per heavy atom. The predicted octanol–water partition coefficient (Wildman–Crippen LogP) is 3.23. The van der Waals surface area contributed by atoms with Crippen molar-refractivity contribution >= 4 is 11.3 Å². The van der Waals surface area contributed by atoms with Gasteiger partial charge in [-0.05, 0) is 25.1 Å². The standard InChI is InChI=1S/C21H26N2O2S/c1-3-12-25-20-7-5-4-6-18(20)15-22-16-19(21-9-8-17(2)26-21)23-10-13-24-14-11-23/h1,4-9,19,22H,10-16H2,2H3. The van der Waals surface area contributed by atoms with Crippen LogP contribution in [0.25, 0.3) is 0 Å². The van der Waals surface area contributed by atoms with Crippen LogP contribution >= 0.6 is 11.3 Å². The predicted molar refractivity (Wildman–Crippen MR) is 107 cm³/mol. The second-order valence-electron chi connectivity index (χ2n) is 6.34. The molecule has 2 aromatic rings. The summed E-state index contributed by atoms with van der Waals surface area (Å²) in [7, 11) is 0. The van der Waals surface area contributed by atoms with Crippen LogP contribution in [0.5, 0.6) is 5.75 Å². The summed E-state index contributed by atoms with van der Waals surface area (Å²) in [6, 6.07) is 12.9. The van der Waals surface area contributed by atoms with Gasteiger partial charge in [0.1, 0.15) is 12.4 Å². The highest BCUT2D eigenvalue weighted by Crippen LogP contribution is 2.28. The molecule has 1 unspecified atom stereocenters. The van der Waals surface area contributed by atoms with Gasteiger partial charge in [0.15, 0.2) is 0 Å². The van der Waals surface area contributed by atoms with Crippen LogP contribution in [0.15, 0.2) is 36.4 Å². The van der Waals surface area contributed by atoms with Crippen molar-refractivity contribution in [1.29, 1.82) is 0 Å². The number of morpholine rings is 1. The highest BCUT2D eigenvalue weighted by molar-refractivity contribution is 7.12. The Kier molecular flexibility index (Phi) is 7.10. The summed E-state index contributed by atoms with van der Waals surface area (Å²) < 4.78 is 11.2. The van der Waals surface area contributed by atoms with Crippen LogP contribution in [0.3, 0.4) is 0 Å². The second kappa shape index (κ2) is 9.75. The van der Waals surface area contributed by atoms with E-state index < -0.39 is 0 Å². The van der Waals surface area contributed by atoms with E-state index in [9.17, 15) is 0 Å². The Hall–Kier alpha value is -1.84. The zero-order valence-corrected chi connectivity index (χ0v) is 16.1. The maximum absolute atomic E-state index is 5.65. The summed E-state index contributed by atoms with van der Waals surface area (Å²) in [4.78, 5) is 5.28. The molecule has 1 aromatic carbocycles. The van der Waals surface area contributed by atoms with Crippen LogP contribution in [-0.4, -0.2) is 44.4 Å². The lowest BCUT2D eigenvalue weighted by Gasteiger charge is -2.34. The number of nitrogens with zero attached hydrogens (tertiary/aromatic N) is 1. The second-order valence-corrected chi connectivity index (χ2v) is 7.66. The average Bonchev–Trinajstić information content (AvgIpc) is 3.11. The maximum atomic E-state index is 5.65. The molecule has 2 heterocycles. The van der Waals surface area contributed by atoms with Crippen LogP contribution < -0.4 is 10.1 Å². The number of hydrogen-bond donors (Lipinski definition) is 1. The third kappa shape index (κ3) is 5.09. The first-order valence-corrected chi connectivity index (χ1v) is 9.82. The smallest absolute Gasteiger partial charge is 0.148 e. The first-order chi connectivity index (χ1) is 12.8. The van der Waals surface area contributed by atoms with Gasteiger partial charge >= 0.3 is 0 Å². The molecule has 1 aliphatic heterocycles. The summed E-state index contributed by atoms with van der Waals surface area (Å²) in [6.45, 7) is 7.68. The van der Waals surface area contributed by atoms with Gasteiger partial charge in [0, 0.05) is 41.5 Å². The molecule has 138 valence electrons. The molecule has 0 aliphatic carbocycles. The van der Waals surface area contributed by atoms with Crippen LogP contribution in [0.4, 0.5) is 0 Å². The Morgan fingerprint density at radius 1 is 1.27 bits per heavy atom. The molecule has 0 saturated carbocycles.